The van der Waals surface area contributed by atoms with Crippen LogP contribution in [-0.4, -0.2) is 54.7 Å². The maximum atomic E-state index is 12.3. The molecule has 2 aromatic carbocycles. The van der Waals surface area contributed by atoms with Gasteiger partial charge in [-0.1, -0.05) is 36.4 Å². The summed E-state index contributed by atoms with van der Waals surface area (Å²) in [7, 11) is 3.92. The quantitative estimate of drug-likeness (QED) is 0.523. The average Bonchev–Trinajstić information content (AvgIpc) is 3.43. The molecule has 0 saturated carbocycles. The summed E-state index contributed by atoms with van der Waals surface area (Å²) in [5.74, 6) is 1.79. The Balaban J connectivity index is 1.44. The van der Waals surface area contributed by atoms with Crippen LogP contribution in [0.2, 0.25) is 0 Å². The van der Waals surface area contributed by atoms with Gasteiger partial charge in [0.1, 0.15) is 6.26 Å². The molecule has 1 amide bonds. The van der Waals surface area contributed by atoms with Crippen LogP contribution < -0.4 is 14.8 Å². The lowest BCUT2D eigenvalue weighted by atomic mass is 10.1. The van der Waals surface area contributed by atoms with Crippen molar-refractivity contribution in [1.82, 2.24) is 20.1 Å². The topological polar surface area (TPSA) is 80.1 Å². The lowest BCUT2D eigenvalue weighted by molar-refractivity contribution is 0.0946. The minimum Gasteiger partial charge on any atom is -0.454 e. The molecule has 1 aliphatic heterocycles. The third-order valence-electron chi connectivity index (χ3n) is 5.08. The Bertz CT molecular complexity index is 1040. The van der Waals surface area contributed by atoms with Gasteiger partial charge in [0.2, 0.25) is 12.7 Å². The molecule has 1 aromatic heterocycles. The van der Waals surface area contributed by atoms with Crippen LogP contribution in [0.1, 0.15) is 27.5 Å². The Kier molecular flexibility index (Phi) is 7.03. The summed E-state index contributed by atoms with van der Waals surface area (Å²) in [6.07, 6.45) is 1.42. The summed E-state index contributed by atoms with van der Waals surface area (Å²) in [6.45, 7) is 3.41. The number of nitrogens with one attached hydrogen (secondary N) is 1. The van der Waals surface area contributed by atoms with Crippen molar-refractivity contribution in [3.63, 3.8) is 0 Å². The summed E-state index contributed by atoms with van der Waals surface area (Å²) in [4.78, 5) is 21.0. The monoisotopic (exact) mass is 436 g/mol. The van der Waals surface area contributed by atoms with Gasteiger partial charge in [0.15, 0.2) is 17.2 Å². The maximum Gasteiger partial charge on any atom is 0.273 e. The van der Waals surface area contributed by atoms with E-state index in [1.807, 2.05) is 55.4 Å². The third-order valence-corrected chi connectivity index (χ3v) is 5.08. The minimum atomic E-state index is -0.229. The number of carbonyl (C=O) groups excluding carboxylic acids is 1. The number of oxazole rings is 1. The van der Waals surface area contributed by atoms with Gasteiger partial charge in [-0.25, -0.2) is 4.98 Å². The first-order valence-electron chi connectivity index (χ1n) is 10.6. The molecule has 0 aliphatic carbocycles. The van der Waals surface area contributed by atoms with Crippen LogP contribution in [0.3, 0.4) is 0 Å². The third kappa shape index (κ3) is 5.87. The fourth-order valence-electron chi connectivity index (χ4n) is 3.47. The lowest BCUT2D eigenvalue weighted by Gasteiger charge is -2.21. The van der Waals surface area contributed by atoms with Crippen LogP contribution >= 0.6 is 0 Å². The van der Waals surface area contributed by atoms with Gasteiger partial charge < -0.3 is 24.1 Å². The van der Waals surface area contributed by atoms with Gasteiger partial charge >= 0.3 is 0 Å². The van der Waals surface area contributed by atoms with Crippen molar-refractivity contribution in [3.8, 4) is 11.5 Å². The molecule has 0 fully saturated rings. The highest BCUT2D eigenvalue weighted by Gasteiger charge is 2.18. The maximum absolute atomic E-state index is 12.3. The van der Waals surface area contributed by atoms with Gasteiger partial charge in [0.25, 0.3) is 5.91 Å². The largest absolute Gasteiger partial charge is 0.454 e. The normalized spacial score (nSPS) is 12.5. The molecule has 2 heterocycles. The molecule has 8 heteroatoms. The molecule has 8 nitrogen and oxygen atoms in total. The standard InChI is InChI=1S/C24H28N4O4/c1-27(2)11-10-25-24(29)20-16-30-23(26-20)15-28(13-18-6-4-3-5-7-18)14-19-8-9-21-22(12-19)32-17-31-21/h3-9,12,16H,10-11,13-15,17H2,1-2H3,(H,25,29). The van der Waals surface area contributed by atoms with Gasteiger partial charge in [0, 0.05) is 26.2 Å². The van der Waals surface area contributed by atoms with E-state index in [4.69, 9.17) is 13.9 Å². The zero-order chi connectivity index (χ0) is 22.3. The summed E-state index contributed by atoms with van der Waals surface area (Å²) < 4.78 is 16.6. The minimum absolute atomic E-state index is 0.229. The van der Waals surface area contributed by atoms with E-state index in [-0.39, 0.29) is 12.7 Å². The van der Waals surface area contributed by atoms with Crippen LogP contribution in [-0.2, 0) is 19.6 Å². The van der Waals surface area contributed by atoms with Crippen LogP contribution in [0.5, 0.6) is 11.5 Å². The van der Waals surface area contributed by atoms with E-state index in [1.54, 1.807) is 0 Å². The first kappa shape index (κ1) is 21.9. The molecule has 0 saturated heterocycles. The molecular formula is C24H28N4O4. The van der Waals surface area contributed by atoms with Crippen molar-refractivity contribution in [1.29, 1.82) is 0 Å². The molecular weight excluding hydrogens is 408 g/mol. The van der Waals surface area contributed by atoms with E-state index in [1.165, 1.54) is 11.8 Å². The van der Waals surface area contributed by atoms with Crippen molar-refractivity contribution in [2.75, 3.05) is 34.0 Å². The first-order valence-corrected chi connectivity index (χ1v) is 10.6. The van der Waals surface area contributed by atoms with E-state index in [0.717, 1.165) is 23.6 Å². The Morgan fingerprint density at radius 2 is 1.78 bits per heavy atom. The lowest BCUT2D eigenvalue weighted by Crippen LogP contribution is -2.31. The van der Waals surface area contributed by atoms with E-state index in [0.29, 0.717) is 37.8 Å². The summed E-state index contributed by atoms with van der Waals surface area (Å²) >= 11 is 0. The summed E-state index contributed by atoms with van der Waals surface area (Å²) in [5.41, 5.74) is 2.57. The molecule has 168 valence electrons. The second-order valence-corrected chi connectivity index (χ2v) is 8.00. The molecule has 0 spiro atoms. The number of ether oxygens (including phenoxy) is 2. The molecule has 0 unspecified atom stereocenters. The number of hydrogen-bond donors (Lipinski definition) is 1. The molecule has 32 heavy (non-hydrogen) atoms. The van der Waals surface area contributed by atoms with Crippen LogP contribution in [0.25, 0.3) is 0 Å². The van der Waals surface area contributed by atoms with E-state index >= 15 is 0 Å². The Labute approximate surface area is 187 Å². The predicted molar refractivity (Wildman–Crippen MR) is 119 cm³/mol. The Hall–Kier alpha value is -3.36. The molecule has 3 aromatic rings. The first-order chi connectivity index (χ1) is 15.6. The predicted octanol–water partition coefficient (Wildman–Crippen LogP) is 2.90. The van der Waals surface area contributed by atoms with Gasteiger partial charge in [0.05, 0.1) is 6.54 Å². The number of nitrogens with zero attached hydrogens (tertiary/aromatic N) is 3. The fraction of sp³-hybridized carbons (Fsp3) is 0.333. The number of hydrogen-bond acceptors (Lipinski definition) is 7. The zero-order valence-corrected chi connectivity index (χ0v) is 18.4. The summed E-state index contributed by atoms with van der Waals surface area (Å²) in [5, 5.41) is 2.86. The fourth-order valence-corrected chi connectivity index (χ4v) is 3.47. The molecule has 1 aliphatic rings. The average molecular weight is 437 g/mol. The van der Waals surface area contributed by atoms with Gasteiger partial charge in [-0.05, 0) is 37.4 Å². The van der Waals surface area contributed by atoms with Gasteiger partial charge in [-0.15, -0.1) is 0 Å². The molecule has 0 radical (unpaired) electrons. The second kappa shape index (κ2) is 10.3. The molecule has 0 atom stereocenters. The highest BCUT2D eigenvalue weighted by Crippen LogP contribution is 2.33. The van der Waals surface area contributed by atoms with Crippen molar-refractivity contribution >= 4 is 5.91 Å². The van der Waals surface area contributed by atoms with E-state index in [9.17, 15) is 4.79 Å². The molecule has 1 N–H and O–H groups in total. The number of benzene rings is 2. The summed E-state index contributed by atoms with van der Waals surface area (Å²) in [6, 6.07) is 16.2. The van der Waals surface area contributed by atoms with Crippen LogP contribution in [0, 0.1) is 0 Å². The highest BCUT2D eigenvalue weighted by atomic mass is 16.7. The van der Waals surface area contributed by atoms with Gasteiger partial charge in [-0.3, -0.25) is 9.69 Å². The van der Waals surface area contributed by atoms with Crippen molar-refractivity contribution < 1.29 is 18.7 Å². The smallest absolute Gasteiger partial charge is 0.273 e. The molecule has 4 rings (SSSR count). The van der Waals surface area contributed by atoms with E-state index in [2.05, 4.69) is 27.3 Å². The number of aromatic nitrogens is 1. The number of carbonyl (C=O) groups is 1. The number of likely N-dealkylation sites (N-methyl/N-ethyl adjacent to an activating group) is 1. The van der Waals surface area contributed by atoms with Crippen LogP contribution in [0.15, 0.2) is 59.2 Å². The Morgan fingerprint density at radius 1 is 1.00 bits per heavy atom. The number of amides is 1. The van der Waals surface area contributed by atoms with Crippen molar-refractivity contribution in [3.05, 3.63) is 77.5 Å². The SMILES string of the molecule is CN(C)CCNC(=O)c1coc(CN(Cc2ccccc2)Cc2ccc3c(c2)OCO3)n1. The van der Waals surface area contributed by atoms with Crippen LogP contribution in [0.4, 0.5) is 0 Å². The molecule has 0 bridgehead atoms. The van der Waals surface area contributed by atoms with E-state index < -0.39 is 0 Å². The highest BCUT2D eigenvalue weighted by molar-refractivity contribution is 5.91. The van der Waals surface area contributed by atoms with Crippen molar-refractivity contribution in [2.45, 2.75) is 19.6 Å². The number of rotatable bonds is 10. The van der Waals surface area contributed by atoms with Crippen molar-refractivity contribution in [2.24, 2.45) is 0 Å². The van der Waals surface area contributed by atoms with Gasteiger partial charge in [-0.2, -0.15) is 0 Å². The Morgan fingerprint density at radius 3 is 2.59 bits per heavy atom. The zero-order valence-electron chi connectivity index (χ0n) is 18.4. The second-order valence-electron chi connectivity index (χ2n) is 8.00. The number of fused-ring (bicyclic) bond motifs is 1.